The van der Waals surface area contributed by atoms with Crippen molar-refractivity contribution in [2.75, 3.05) is 20.3 Å². The lowest BCUT2D eigenvalue weighted by Gasteiger charge is -2.15. The highest BCUT2D eigenvalue weighted by molar-refractivity contribution is 5.27. The average molecular weight is 279 g/mol. The first-order chi connectivity index (χ1) is 9.61. The molecule has 0 heterocycles. The third kappa shape index (κ3) is 7.51. The fourth-order valence-electron chi connectivity index (χ4n) is 2.02. The first kappa shape index (κ1) is 17.0. The summed E-state index contributed by atoms with van der Waals surface area (Å²) in [4.78, 5) is 0. The van der Waals surface area contributed by atoms with Crippen LogP contribution in [0.4, 0.5) is 0 Å². The van der Waals surface area contributed by atoms with Gasteiger partial charge in [0.25, 0.3) is 0 Å². The van der Waals surface area contributed by atoms with Crippen LogP contribution in [0.15, 0.2) is 24.3 Å². The van der Waals surface area contributed by atoms with E-state index in [9.17, 15) is 0 Å². The monoisotopic (exact) mass is 279 g/mol. The lowest BCUT2D eigenvalue weighted by molar-refractivity contribution is 0.120. The summed E-state index contributed by atoms with van der Waals surface area (Å²) >= 11 is 0. The van der Waals surface area contributed by atoms with Crippen molar-refractivity contribution >= 4 is 0 Å². The summed E-state index contributed by atoms with van der Waals surface area (Å²) < 4.78 is 10.9. The van der Waals surface area contributed by atoms with Crippen LogP contribution in [0.25, 0.3) is 0 Å². The van der Waals surface area contributed by atoms with Gasteiger partial charge in [-0.2, -0.15) is 0 Å². The molecule has 0 spiro atoms. The summed E-state index contributed by atoms with van der Waals surface area (Å²) in [6.45, 7) is 9.06. The Balaban J connectivity index is 2.09. The molecule has 0 amide bonds. The number of benzene rings is 1. The standard InChI is InChI=1S/C17H29NO2/c1-14(2)8-9-15(3)18-10-11-20-13-16-6-5-7-17(12-16)19-4/h5-7,12,14-15,18H,8-11,13H2,1-4H3. The van der Waals surface area contributed by atoms with Crippen LogP contribution in [-0.4, -0.2) is 26.3 Å². The lowest BCUT2D eigenvalue weighted by atomic mass is 10.0. The normalized spacial score (nSPS) is 12.7. The highest BCUT2D eigenvalue weighted by Gasteiger charge is 2.02. The van der Waals surface area contributed by atoms with Gasteiger partial charge in [-0.15, -0.1) is 0 Å². The molecule has 1 rings (SSSR count). The predicted molar refractivity (Wildman–Crippen MR) is 84.2 cm³/mol. The molecule has 0 bridgehead atoms. The van der Waals surface area contributed by atoms with Gasteiger partial charge in [0.05, 0.1) is 20.3 Å². The van der Waals surface area contributed by atoms with Gasteiger partial charge in [-0.05, 0) is 43.4 Å². The minimum atomic E-state index is 0.567. The van der Waals surface area contributed by atoms with Gasteiger partial charge in [0.2, 0.25) is 0 Å². The van der Waals surface area contributed by atoms with E-state index in [1.807, 2.05) is 18.2 Å². The highest BCUT2D eigenvalue weighted by Crippen LogP contribution is 2.13. The van der Waals surface area contributed by atoms with E-state index < -0.39 is 0 Å². The molecule has 114 valence electrons. The van der Waals surface area contributed by atoms with E-state index in [0.29, 0.717) is 12.6 Å². The topological polar surface area (TPSA) is 30.5 Å². The Morgan fingerprint density at radius 2 is 1.95 bits per heavy atom. The smallest absolute Gasteiger partial charge is 0.119 e. The van der Waals surface area contributed by atoms with Crippen molar-refractivity contribution in [3.05, 3.63) is 29.8 Å². The molecule has 3 nitrogen and oxygen atoms in total. The molecule has 0 aliphatic heterocycles. The Labute approximate surface area is 123 Å². The quantitative estimate of drug-likeness (QED) is 0.663. The van der Waals surface area contributed by atoms with Gasteiger partial charge in [0.15, 0.2) is 0 Å². The van der Waals surface area contributed by atoms with Gasteiger partial charge in [-0.3, -0.25) is 0 Å². The van der Waals surface area contributed by atoms with Gasteiger partial charge in [0, 0.05) is 12.6 Å². The summed E-state index contributed by atoms with van der Waals surface area (Å²) in [5.41, 5.74) is 1.15. The van der Waals surface area contributed by atoms with E-state index in [0.717, 1.165) is 30.4 Å². The van der Waals surface area contributed by atoms with Crippen molar-refractivity contribution in [2.24, 2.45) is 5.92 Å². The van der Waals surface area contributed by atoms with Gasteiger partial charge in [-0.25, -0.2) is 0 Å². The second-order valence-electron chi connectivity index (χ2n) is 5.73. The fraction of sp³-hybridized carbons (Fsp3) is 0.647. The first-order valence-electron chi connectivity index (χ1n) is 7.56. The van der Waals surface area contributed by atoms with E-state index in [2.05, 4.69) is 32.2 Å². The van der Waals surface area contributed by atoms with Crippen LogP contribution in [0, 0.1) is 5.92 Å². The minimum Gasteiger partial charge on any atom is -0.497 e. The molecule has 0 saturated carbocycles. The van der Waals surface area contributed by atoms with E-state index in [-0.39, 0.29) is 0 Å². The van der Waals surface area contributed by atoms with Crippen molar-refractivity contribution in [3.63, 3.8) is 0 Å². The molecular formula is C17H29NO2. The maximum atomic E-state index is 5.68. The molecular weight excluding hydrogens is 250 g/mol. The zero-order chi connectivity index (χ0) is 14.8. The highest BCUT2D eigenvalue weighted by atomic mass is 16.5. The van der Waals surface area contributed by atoms with Crippen LogP contribution in [0.3, 0.4) is 0 Å². The molecule has 20 heavy (non-hydrogen) atoms. The largest absolute Gasteiger partial charge is 0.497 e. The van der Waals surface area contributed by atoms with Crippen molar-refractivity contribution < 1.29 is 9.47 Å². The molecule has 1 aromatic rings. The molecule has 1 aromatic carbocycles. The third-order valence-electron chi connectivity index (χ3n) is 3.32. The Morgan fingerprint density at radius 3 is 2.65 bits per heavy atom. The minimum absolute atomic E-state index is 0.567. The van der Waals surface area contributed by atoms with Gasteiger partial charge < -0.3 is 14.8 Å². The van der Waals surface area contributed by atoms with Crippen LogP contribution in [0.5, 0.6) is 5.75 Å². The molecule has 0 aliphatic carbocycles. The van der Waals surface area contributed by atoms with E-state index in [1.54, 1.807) is 7.11 Å². The van der Waals surface area contributed by atoms with E-state index in [1.165, 1.54) is 12.8 Å². The number of methoxy groups -OCH3 is 1. The molecule has 0 radical (unpaired) electrons. The molecule has 1 atom stereocenters. The van der Waals surface area contributed by atoms with E-state index in [4.69, 9.17) is 9.47 Å². The van der Waals surface area contributed by atoms with Crippen LogP contribution < -0.4 is 10.1 Å². The molecule has 0 fully saturated rings. The molecule has 3 heteroatoms. The number of nitrogens with one attached hydrogen (secondary N) is 1. The number of rotatable bonds is 10. The second-order valence-corrected chi connectivity index (χ2v) is 5.73. The Hall–Kier alpha value is -1.06. The van der Waals surface area contributed by atoms with Crippen LogP contribution in [0.2, 0.25) is 0 Å². The second kappa shape index (κ2) is 9.78. The average Bonchev–Trinajstić information content (AvgIpc) is 2.45. The van der Waals surface area contributed by atoms with Crippen molar-refractivity contribution in [1.82, 2.24) is 5.32 Å². The Bertz CT molecular complexity index is 366. The fourth-order valence-corrected chi connectivity index (χ4v) is 2.02. The van der Waals surface area contributed by atoms with E-state index >= 15 is 0 Å². The van der Waals surface area contributed by atoms with Gasteiger partial charge in [-0.1, -0.05) is 26.0 Å². The third-order valence-corrected chi connectivity index (χ3v) is 3.32. The number of hydrogen-bond acceptors (Lipinski definition) is 3. The van der Waals surface area contributed by atoms with Crippen molar-refractivity contribution in [3.8, 4) is 5.75 Å². The summed E-state index contributed by atoms with van der Waals surface area (Å²) in [6, 6.07) is 8.57. The van der Waals surface area contributed by atoms with Crippen molar-refractivity contribution in [1.29, 1.82) is 0 Å². The zero-order valence-corrected chi connectivity index (χ0v) is 13.3. The lowest BCUT2D eigenvalue weighted by Crippen LogP contribution is -2.29. The van der Waals surface area contributed by atoms with Gasteiger partial charge >= 0.3 is 0 Å². The predicted octanol–water partition coefficient (Wildman–Crippen LogP) is 3.63. The maximum Gasteiger partial charge on any atom is 0.119 e. The molecule has 0 aliphatic rings. The summed E-state index contributed by atoms with van der Waals surface area (Å²) in [5, 5.41) is 3.50. The van der Waals surface area contributed by atoms with Gasteiger partial charge in [0.1, 0.15) is 5.75 Å². The summed E-state index contributed by atoms with van der Waals surface area (Å²) in [6.07, 6.45) is 2.51. The van der Waals surface area contributed by atoms with Crippen molar-refractivity contribution in [2.45, 2.75) is 46.3 Å². The molecule has 1 N–H and O–H groups in total. The maximum absolute atomic E-state index is 5.68. The number of hydrogen-bond donors (Lipinski definition) is 1. The Morgan fingerprint density at radius 1 is 1.15 bits per heavy atom. The van der Waals surface area contributed by atoms with Crippen LogP contribution in [0.1, 0.15) is 39.2 Å². The zero-order valence-electron chi connectivity index (χ0n) is 13.3. The Kier molecular flexibility index (Phi) is 8.31. The SMILES string of the molecule is COc1cccc(COCCNC(C)CCC(C)C)c1. The van der Waals surface area contributed by atoms with Crippen LogP contribution >= 0.6 is 0 Å². The molecule has 0 saturated heterocycles. The number of ether oxygens (including phenoxy) is 2. The molecule has 1 unspecified atom stereocenters. The summed E-state index contributed by atoms with van der Waals surface area (Å²) in [5.74, 6) is 1.66. The van der Waals surface area contributed by atoms with Crippen LogP contribution in [-0.2, 0) is 11.3 Å². The first-order valence-corrected chi connectivity index (χ1v) is 7.56. The summed E-state index contributed by atoms with van der Waals surface area (Å²) in [7, 11) is 1.68. The molecule has 0 aromatic heterocycles.